The van der Waals surface area contributed by atoms with Crippen molar-refractivity contribution in [2.75, 3.05) is 13.7 Å². The monoisotopic (exact) mass is 347 g/mol. The van der Waals surface area contributed by atoms with Crippen LogP contribution in [0.25, 0.3) is 0 Å². The molecule has 2 aromatic rings. The van der Waals surface area contributed by atoms with E-state index in [1.54, 1.807) is 19.2 Å². The van der Waals surface area contributed by atoms with Crippen molar-refractivity contribution < 1.29 is 14.6 Å². The highest BCUT2D eigenvalue weighted by Gasteiger charge is 2.10. The van der Waals surface area contributed by atoms with Gasteiger partial charge in [0.05, 0.1) is 13.2 Å². The molecule has 128 valence electrons. The van der Waals surface area contributed by atoms with Crippen LogP contribution < -0.4 is 10.1 Å². The van der Waals surface area contributed by atoms with E-state index in [-0.39, 0.29) is 12.5 Å². The molecule has 1 atom stereocenters. The van der Waals surface area contributed by atoms with E-state index in [0.29, 0.717) is 17.2 Å². The normalized spacial score (nSPS) is 11.8. The van der Waals surface area contributed by atoms with E-state index in [4.69, 9.17) is 16.3 Å². The number of carbonyl (C=O) groups excluding carboxylic acids is 1. The van der Waals surface area contributed by atoms with Crippen molar-refractivity contribution in [1.82, 2.24) is 5.32 Å². The van der Waals surface area contributed by atoms with Gasteiger partial charge < -0.3 is 15.2 Å². The molecule has 1 amide bonds. The summed E-state index contributed by atoms with van der Waals surface area (Å²) in [6.45, 7) is 0.187. The van der Waals surface area contributed by atoms with E-state index in [9.17, 15) is 9.90 Å². The highest BCUT2D eigenvalue weighted by molar-refractivity contribution is 6.30. The third-order valence-electron chi connectivity index (χ3n) is 3.75. The predicted octanol–water partition coefficient (Wildman–Crippen LogP) is 3.52. The molecule has 0 aliphatic heterocycles. The van der Waals surface area contributed by atoms with Crippen LogP contribution in [0.5, 0.6) is 5.75 Å². The van der Waals surface area contributed by atoms with Crippen molar-refractivity contribution in [3.63, 3.8) is 0 Å². The van der Waals surface area contributed by atoms with Gasteiger partial charge in [-0.2, -0.15) is 0 Å². The zero-order valence-electron chi connectivity index (χ0n) is 13.7. The molecule has 5 heteroatoms. The Balaban J connectivity index is 1.71. The van der Waals surface area contributed by atoms with E-state index >= 15 is 0 Å². The lowest BCUT2D eigenvalue weighted by molar-refractivity contribution is -0.121. The molecule has 0 aliphatic rings. The Morgan fingerprint density at radius 1 is 1.25 bits per heavy atom. The zero-order valence-corrected chi connectivity index (χ0v) is 14.4. The fourth-order valence-electron chi connectivity index (χ4n) is 2.37. The van der Waals surface area contributed by atoms with E-state index < -0.39 is 6.10 Å². The molecule has 2 N–H and O–H groups in total. The van der Waals surface area contributed by atoms with Gasteiger partial charge in [-0.15, -0.1) is 0 Å². The van der Waals surface area contributed by atoms with E-state index in [1.165, 1.54) is 0 Å². The average Bonchev–Trinajstić information content (AvgIpc) is 2.61. The molecule has 0 radical (unpaired) electrons. The average molecular weight is 348 g/mol. The van der Waals surface area contributed by atoms with Crippen LogP contribution in [-0.4, -0.2) is 24.7 Å². The van der Waals surface area contributed by atoms with Crippen LogP contribution in [0.2, 0.25) is 5.02 Å². The summed E-state index contributed by atoms with van der Waals surface area (Å²) in [5.74, 6) is 0.617. The fraction of sp³-hybridized carbons (Fsp3) is 0.316. The summed E-state index contributed by atoms with van der Waals surface area (Å²) >= 11 is 5.84. The minimum atomic E-state index is -0.750. The summed E-state index contributed by atoms with van der Waals surface area (Å²) in [6.07, 6.45) is 1.25. The number of ether oxygens (including phenoxy) is 1. The Morgan fingerprint density at radius 2 is 2.00 bits per heavy atom. The number of rotatable bonds is 8. The van der Waals surface area contributed by atoms with Crippen LogP contribution in [0, 0.1) is 0 Å². The Kier molecular flexibility index (Phi) is 7.09. The lowest BCUT2D eigenvalue weighted by Gasteiger charge is -2.13. The van der Waals surface area contributed by atoms with Gasteiger partial charge in [0.2, 0.25) is 5.91 Å². The summed E-state index contributed by atoms with van der Waals surface area (Å²) in [5.41, 5.74) is 1.87. The number of aliphatic hydroxyl groups excluding tert-OH is 1. The van der Waals surface area contributed by atoms with Crippen LogP contribution in [0.4, 0.5) is 0 Å². The second kappa shape index (κ2) is 9.30. The molecule has 24 heavy (non-hydrogen) atoms. The van der Waals surface area contributed by atoms with Crippen molar-refractivity contribution in [3.8, 4) is 5.75 Å². The molecule has 4 nitrogen and oxygen atoms in total. The molecule has 2 rings (SSSR count). The standard InChI is InChI=1S/C19H22ClNO3/c1-24-17-6-3-5-15(12-17)18(22)13-21-19(23)7-2-4-14-8-10-16(20)11-9-14/h3,5-6,8-12,18,22H,2,4,7,13H2,1H3,(H,21,23). The summed E-state index contributed by atoms with van der Waals surface area (Å²) in [6, 6.07) is 14.8. The smallest absolute Gasteiger partial charge is 0.220 e. The lowest BCUT2D eigenvalue weighted by atomic mass is 10.1. The van der Waals surface area contributed by atoms with Crippen molar-refractivity contribution in [1.29, 1.82) is 0 Å². The molecule has 0 bridgehead atoms. The number of nitrogens with one attached hydrogen (secondary N) is 1. The molecular formula is C19H22ClNO3. The topological polar surface area (TPSA) is 58.6 Å². The first kappa shape index (κ1) is 18.3. The molecule has 0 spiro atoms. The second-order valence-electron chi connectivity index (χ2n) is 5.58. The van der Waals surface area contributed by atoms with Crippen LogP contribution in [0.3, 0.4) is 0 Å². The molecule has 0 aromatic heterocycles. The summed E-state index contributed by atoms with van der Waals surface area (Å²) in [4.78, 5) is 11.9. The zero-order chi connectivity index (χ0) is 17.4. The first-order valence-electron chi connectivity index (χ1n) is 7.91. The van der Waals surface area contributed by atoms with Crippen molar-refractivity contribution in [3.05, 3.63) is 64.7 Å². The SMILES string of the molecule is COc1cccc(C(O)CNC(=O)CCCc2ccc(Cl)cc2)c1. The minimum Gasteiger partial charge on any atom is -0.497 e. The van der Waals surface area contributed by atoms with Gasteiger partial charge in [-0.05, 0) is 48.2 Å². The molecule has 2 aromatic carbocycles. The molecule has 0 saturated carbocycles. The number of amides is 1. The quantitative estimate of drug-likeness (QED) is 0.768. The maximum Gasteiger partial charge on any atom is 0.220 e. The maximum atomic E-state index is 11.9. The van der Waals surface area contributed by atoms with Crippen LogP contribution in [0.15, 0.2) is 48.5 Å². The van der Waals surface area contributed by atoms with E-state index in [2.05, 4.69) is 5.32 Å². The number of hydrogen-bond donors (Lipinski definition) is 2. The highest BCUT2D eigenvalue weighted by Crippen LogP contribution is 2.18. The Morgan fingerprint density at radius 3 is 2.71 bits per heavy atom. The summed E-state index contributed by atoms with van der Waals surface area (Å²) < 4.78 is 5.13. The van der Waals surface area contributed by atoms with Crippen molar-refractivity contribution in [2.24, 2.45) is 0 Å². The van der Waals surface area contributed by atoms with Gasteiger partial charge in [-0.1, -0.05) is 35.9 Å². The van der Waals surface area contributed by atoms with E-state index in [1.807, 2.05) is 36.4 Å². The molecular weight excluding hydrogens is 326 g/mol. The van der Waals surface area contributed by atoms with Gasteiger partial charge in [-0.3, -0.25) is 4.79 Å². The van der Waals surface area contributed by atoms with Crippen LogP contribution >= 0.6 is 11.6 Å². The lowest BCUT2D eigenvalue weighted by Crippen LogP contribution is -2.28. The Bertz CT molecular complexity index is 658. The first-order valence-corrected chi connectivity index (χ1v) is 8.29. The number of benzene rings is 2. The molecule has 0 heterocycles. The van der Waals surface area contributed by atoms with Crippen LogP contribution in [-0.2, 0) is 11.2 Å². The summed E-state index contributed by atoms with van der Waals surface area (Å²) in [7, 11) is 1.58. The van der Waals surface area contributed by atoms with Crippen LogP contribution in [0.1, 0.15) is 30.1 Å². The Hall–Kier alpha value is -2.04. The number of hydrogen-bond acceptors (Lipinski definition) is 3. The van der Waals surface area contributed by atoms with Gasteiger partial charge in [0, 0.05) is 18.0 Å². The Labute approximate surface area is 147 Å². The molecule has 0 aliphatic carbocycles. The third-order valence-corrected chi connectivity index (χ3v) is 4.01. The fourth-order valence-corrected chi connectivity index (χ4v) is 2.50. The minimum absolute atomic E-state index is 0.0640. The molecule has 1 unspecified atom stereocenters. The summed E-state index contributed by atoms with van der Waals surface area (Å²) in [5, 5.41) is 13.6. The predicted molar refractivity (Wildman–Crippen MR) is 95.4 cm³/mol. The molecule has 0 fully saturated rings. The number of methoxy groups -OCH3 is 1. The van der Waals surface area contributed by atoms with E-state index in [0.717, 1.165) is 24.0 Å². The number of aliphatic hydroxyl groups is 1. The largest absolute Gasteiger partial charge is 0.497 e. The first-order chi connectivity index (χ1) is 11.6. The second-order valence-corrected chi connectivity index (χ2v) is 6.01. The highest BCUT2D eigenvalue weighted by atomic mass is 35.5. The van der Waals surface area contributed by atoms with Gasteiger partial charge in [0.1, 0.15) is 5.75 Å². The van der Waals surface area contributed by atoms with Crippen molar-refractivity contribution >= 4 is 17.5 Å². The van der Waals surface area contributed by atoms with Crippen molar-refractivity contribution in [2.45, 2.75) is 25.4 Å². The molecule has 0 saturated heterocycles. The number of carbonyl (C=O) groups is 1. The van der Waals surface area contributed by atoms with Gasteiger partial charge >= 0.3 is 0 Å². The third kappa shape index (κ3) is 5.87. The van der Waals surface area contributed by atoms with Gasteiger partial charge in [-0.25, -0.2) is 0 Å². The maximum absolute atomic E-state index is 11.9. The number of aryl methyl sites for hydroxylation is 1. The van der Waals surface area contributed by atoms with Gasteiger partial charge in [0.25, 0.3) is 0 Å². The van der Waals surface area contributed by atoms with Gasteiger partial charge in [0.15, 0.2) is 0 Å². The number of halogens is 1.